The molecule has 0 atom stereocenters. The van der Waals surface area contributed by atoms with E-state index in [0.29, 0.717) is 6.54 Å². The maximum absolute atomic E-state index is 8.27. The Kier molecular flexibility index (Phi) is 2.75. The van der Waals surface area contributed by atoms with Gasteiger partial charge in [-0.3, -0.25) is 0 Å². The second kappa shape index (κ2) is 4.06. The standard InChI is InChI=1S/C12H15N3O/c1-12(2)6-5-10-7-9(8-14-15-13)3-4-11(10)16-12/h3-4,7H,5-6,8H2,1-2H3. The molecule has 16 heavy (non-hydrogen) atoms. The lowest BCUT2D eigenvalue weighted by Gasteiger charge is -2.32. The van der Waals surface area contributed by atoms with Crippen molar-refractivity contribution in [2.24, 2.45) is 5.11 Å². The highest BCUT2D eigenvalue weighted by atomic mass is 16.5. The maximum Gasteiger partial charge on any atom is 0.123 e. The van der Waals surface area contributed by atoms with Crippen LogP contribution in [0, 0.1) is 0 Å². The van der Waals surface area contributed by atoms with E-state index in [-0.39, 0.29) is 5.60 Å². The van der Waals surface area contributed by atoms with Crippen LogP contribution in [0.2, 0.25) is 0 Å². The van der Waals surface area contributed by atoms with Crippen molar-refractivity contribution in [3.63, 3.8) is 0 Å². The highest BCUT2D eigenvalue weighted by molar-refractivity contribution is 5.39. The van der Waals surface area contributed by atoms with Crippen molar-refractivity contribution < 1.29 is 4.74 Å². The van der Waals surface area contributed by atoms with Gasteiger partial charge in [0, 0.05) is 4.91 Å². The van der Waals surface area contributed by atoms with Crippen LogP contribution in [0.5, 0.6) is 5.75 Å². The van der Waals surface area contributed by atoms with Crippen LogP contribution in [0.25, 0.3) is 10.4 Å². The SMILES string of the molecule is CC1(C)CCc2cc(CN=[N+]=[N-])ccc2O1. The molecule has 1 aliphatic heterocycles. The quantitative estimate of drug-likeness (QED) is 0.424. The van der Waals surface area contributed by atoms with Gasteiger partial charge < -0.3 is 4.74 Å². The molecule has 0 aromatic heterocycles. The van der Waals surface area contributed by atoms with Gasteiger partial charge in [-0.2, -0.15) is 0 Å². The van der Waals surface area contributed by atoms with Crippen LogP contribution in [0.3, 0.4) is 0 Å². The summed E-state index contributed by atoms with van der Waals surface area (Å²) in [6.07, 6.45) is 2.04. The first kappa shape index (κ1) is 10.8. The van der Waals surface area contributed by atoms with E-state index >= 15 is 0 Å². The molecule has 2 rings (SSSR count). The van der Waals surface area contributed by atoms with Gasteiger partial charge in [-0.05, 0) is 49.4 Å². The van der Waals surface area contributed by atoms with E-state index < -0.39 is 0 Å². The van der Waals surface area contributed by atoms with Crippen molar-refractivity contribution in [1.29, 1.82) is 0 Å². The molecule has 0 fully saturated rings. The van der Waals surface area contributed by atoms with E-state index in [4.69, 9.17) is 10.3 Å². The van der Waals surface area contributed by atoms with Crippen molar-refractivity contribution in [3.8, 4) is 5.75 Å². The Morgan fingerprint density at radius 3 is 3.06 bits per heavy atom. The Morgan fingerprint density at radius 2 is 2.31 bits per heavy atom. The monoisotopic (exact) mass is 217 g/mol. The summed E-state index contributed by atoms with van der Waals surface area (Å²) in [5, 5.41) is 3.56. The summed E-state index contributed by atoms with van der Waals surface area (Å²) < 4.78 is 5.88. The van der Waals surface area contributed by atoms with Gasteiger partial charge in [0.25, 0.3) is 0 Å². The number of hydrogen-bond acceptors (Lipinski definition) is 2. The van der Waals surface area contributed by atoms with Gasteiger partial charge in [0.05, 0.1) is 6.54 Å². The fraction of sp³-hybridized carbons (Fsp3) is 0.500. The smallest absolute Gasteiger partial charge is 0.123 e. The Hall–Kier alpha value is -1.67. The lowest BCUT2D eigenvalue weighted by Crippen LogP contribution is -2.32. The topological polar surface area (TPSA) is 58.0 Å². The molecular formula is C12H15N3O. The molecule has 0 amide bonds. The lowest BCUT2D eigenvalue weighted by atomic mass is 9.93. The van der Waals surface area contributed by atoms with Gasteiger partial charge >= 0.3 is 0 Å². The van der Waals surface area contributed by atoms with E-state index in [0.717, 1.165) is 24.2 Å². The Morgan fingerprint density at radius 1 is 1.50 bits per heavy atom. The minimum Gasteiger partial charge on any atom is -0.488 e. The van der Waals surface area contributed by atoms with Gasteiger partial charge in [0.15, 0.2) is 0 Å². The molecule has 0 aliphatic carbocycles. The van der Waals surface area contributed by atoms with E-state index in [2.05, 4.69) is 29.9 Å². The molecule has 0 radical (unpaired) electrons. The second-order valence-electron chi connectivity index (χ2n) is 4.69. The van der Waals surface area contributed by atoms with Crippen LogP contribution in [0.4, 0.5) is 0 Å². The number of fused-ring (bicyclic) bond motifs is 1. The summed E-state index contributed by atoms with van der Waals surface area (Å²) in [4.78, 5) is 2.76. The number of rotatable bonds is 2. The lowest BCUT2D eigenvalue weighted by molar-refractivity contribution is 0.0846. The van der Waals surface area contributed by atoms with Crippen LogP contribution in [0.15, 0.2) is 23.3 Å². The number of ether oxygens (including phenoxy) is 1. The third-order valence-corrected chi connectivity index (χ3v) is 2.82. The first-order valence-electron chi connectivity index (χ1n) is 5.42. The average Bonchev–Trinajstić information content (AvgIpc) is 2.25. The molecular weight excluding hydrogens is 202 g/mol. The van der Waals surface area contributed by atoms with Crippen molar-refractivity contribution in [2.75, 3.05) is 0 Å². The highest BCUT2D eigenvalue weighted by Crippen LogP contribution is 2.33. The van der Waals surface area contributed by atoms with E-state index in [1.165, 1.54) is 5.56 Å². The normalized spacial score (nSPS) is 16.9. The third-order valence-electron chi connectivity index (χ3n) is 2.82. The molecule has 0 spiro atoms. The number of nitrogens with zero attached hydrogens (tertiary/aromatic N) is 3. The zero-order valence-corrected chi connectivity index (χ0v) is 9.60. The van der Waals surface area contributed by atoms with E-state index in [1.807, 2.05) is 12.1 Å². The molecule has 0 saturated carbocycles. The number of benzene rings is 1. The summed E-state index contributed by atoms with van der Waals surface area (Å²) in [5.41, 5.74) is 10.5. The molecule has 0 N–H and O–H groups in total. The largest absolute Gasteiger partial charge is 0.488 e. The van der Waals surface area contributed by atoms with Crippen LogP contribution in [0.1, 0.15) is 31.4 Å². The zero-order chi connectivity index (χ0) is 11.6. The van der Waals surface area contributed by atoms with Crippen molar-refractivity contribution >= 4 is 0 Å². The molecule has 1 heterocycles. The fourth-order valence-electron chi connectivity index (χ4n) is 1.92. The zero-order valence-electron chi connectivity index (χ0n) is 9.60. The average molecular weight is 217 g/mol. The number of hydrogen-bond donors (Lipinski definition) is 0. The van der Waals surface area contributed by atoms with E-state index in [9.17, 15) is 0 Å². The molecule has 1 aliphatic rings. The highest BCUT2D eigenvalue weighted by Gasteiger charge is 2.26. The second-order valence-corrected chi connectivity index (χ2v) is 4.69. The van der Waals surface area contributed by atoms with E-state index in [1.54, 1.807) is 0 Å². The predicted molar refractivity (Wildman–Crippen MR) is 62.3 cm³/mol. The summed E-state index contributed by atoms with van der Waals surface area (Å²) in [5.74, 6) is 0.959. The first-order valence-corrected chi connectivity index (χ1v) is 5.42. The molecule has 84 valence electrons. The molecule has 0 unspecified atom stereocenters. The van der Waals surface area contributed by atoms with Crippen LogP contribution in [-0.4, -0.2) is 5.60 Å². The van der Waals surface area contributed by atoms with Crippen LogP contribution >= 0.6 is 0 Å². The molecule has 0 saturated heterocycles. The van der Waals surface area contributed by atoms with Crippen molar-refractivity contribution in [2.45, 2.75) is 38.8 Å². The molecule has 4 heteroatoms. The first-order chi connectivity index (χ1) is 7.61. The van der Waals surface area contributed by atoms with Gasteiger partial charge in [-0.25, -0.2) is 0 Å². The van der Waals surface area contributed by atoms with Crippen molar-refractivity contribution in [1.82, 2.24) is 0 Å². The summed E-state index contributed by atoms with van der Waals surface area (Å²) >= 11 is 0. The summed E-state index contributed by atoms with van der Waals surface area (Å²) in [6.45, 7) is 4.61. The van der Waals surface area contributed by atoms with Gasteiger partial charge in [-0.15, -0.1) is 0 Å². The minimum atomic E-state index is -0.0701. The van der Waals surface area contributed by atoms with Gasteiger partial charge in [-0.1, -0.05) is 17.2 Å². The summed E-state index contributed by atoms with van der Waals surface area (Å²) in [7, 11) is 0. The summed E-state index contributed by atoms with van der Waals surface area (Å²) in [6, 6.07) is 5.99. The van der Waals surface area contributed by atoms with Crippen LogP contribution in [-0.2, 0) is 13.0 Å². The fourth-order valence-corrected chi connectivity index (χ4v) is 1.92. The molecule has 4 nitrogen and oxygen atoms in total. The third kappa shape index (κ3) is 2.28. The maximum atomic E-state index is 8.27. The Labute approximate surface area is 94.9 Å². The van der Waals surface area contributed by atoms with Crippen molar-refractivity contribution in [3.05, 3.63) is 39.8 Å². The number of azide groups is 1. The minimum absolute atomic E-state index is 0.0701. The Balaban J connectivity index is 2.24. The molecule has 1 aromatic rings. The van der Waals surface area contributed by atoms with Crippen LogP contribution < -0.4 is 4.74 Å². The molecule has 0 bridgehead atoms. The Bertz CT molecular complexity index is 448. The van der Waals surface area contributed by atoms with Gasteiger partial charge in [0.1, 0.15) is 11.4 Å². The predicted octanol–water partition coefficient (Wildman–Crippen LogP) is 3.60. The molecule has 1 aromatic carbocycles. The number of aryl methyl sites for hydroxylation is 1. The van der Waals surface area contributed by atoms with Gasteiger partial charge in [0.2, 0.25) is 0 Å².